The van der Waals surface area contributed by atoms with Crippen LogP contribution in [0.4, 0.5) is 17.1 Å². The molecule has 1 aliphatic rings. The highest BCUT2D eigenvalue weighted by molar-refractivity contribution is 6.13. The van der Waals surface area contributed by atoms with Gasteiger partial charge in [0.15, 0.2) is 5.82 Å². The monoisotopic (exact) mass is 740 g/mol. The average Bonchev–Trinajstić information content (AvgIpc) is 3.59. The van der Waals surface area contributed by atoms with Crippen molar-refractivity contribution in [1.29, 1.82) is 0 Å². The second-order valence-electron chi connectivity index (χ2n) is 14.6. The first-order chi connectivity index (χ1) is 28.8. The summed E-state index contributed by atoms with van der Waals surface area (Å²) in [5.41, 5.74) is 17.5. The maximum atomic E-state index is 5.16. The Kier molecular flexibility index (Phi) is 8.11. The topological polar surface area (TPSA) is 34.0 Å². The SMILES string of the molecule is c1ccc(-c2cc(-c3cccc(-c4ccc5c(c4)-c4c(n(-c6ccccc6)c6ccccc46)-c4ccccc4N5c4ccccc4)c3)nc(-c3ccccc3)n2)cc1. The van der Waals surface area contributed by atoms with Gasteiger partial charge in [0.05, 0.1) is 34.0 Å². The first-order valence-corrected chi connectivity index (χ1v) is 19.7. The van der Waals surface area contributed by atoms with E-state index in [0.717, 1.165) is 62.0 Å². The fraction of sp³-hybridized carbons (Fsp3) is 0. The normalized spacial score (nSPS) is 11.8. The number of nitrogens with zero attached hydrogens (tertiary/aromatic N) is 4. The minimum atomic E-state index is 0.704. The van der Waals surface area contributed by atoms with E-state index >= 15 is 0 Å². The summed E-state index contributed by atoms with van der Waals surface area (Å²) in [7, 11) is 0. The quantitative estimate of drug-likeness (QED) is 0.170. The van der Waals surface area contributed by atoms with Gasteiger partial charge in [0.25, 0.3) is 0 Å². The van der Waals surface area contributed by atoms with Crippen molar-refractivity contribution >= 4 is 28.0 Å². The summed E-state index contributed by atoms with van der Waals surface area (Å²) >= 11 is 0. The predicted molar refractivity (Wildman–Crippen MR) is 240 cm³/mol. The Labute approximate surface area is 337 Å². The molecule has 8 aromatic carbocycles. The number of rotatable bonds is 6. The zero-order valence-electron chi connectivity index (χ0n) is 31.6. The number of anilines is 3. The van der Waals surface area contributed by atoms with E-state index < -0.39 is 0 Å². The number of fused-ring (bicyclic) bond motifs is 7. The van der Waals surface area contributed by atoms with E-state index in [4.69, 9.17) is 9.97 Å². The number of hydrogen-bond donors (Lipinski definition) is 0. The molecule has 4 heteroatoms. The minimum Gasteiger partial charge on any atom is -0.309 e. The maximum Gasteiger partial charge on any atom is 0.160 e. The molecule has 0 N–H and O–H groups in total. The molecule has 0 saturated carbocycles. The molecule has 1 aliphatic heterocycles. The van der Waals surface area contributed by atoms with Crippen LogP contribution in [-0.4, -0.2) is 14.5 Å². The third-order valence-electron chi connectivity index (χ3n) is 11.1. The average molecular weight is 741 g/mol. The molecule has 0 aliphatic carbocycles. The van der Waals surface area contributed by atoms with Crippen LogP contribution in [0.15, 0.2) is 218 Å². The van der Waals surface area contributed by atoms with Crippen LogP contribution in [0.5, 0.6) is 0 Å². The van der Waals surface area contributed by atoms with E-state index in [0.29, 0.717) is 5.82 Å². The van der Waals surface area contributed by atoms with Gasteiger partial charge in [0.1, 0.15) is 0 Å². The van der Waals surface area contributed by atoms with Gasteiger partial charge in [-0.2, -0.15) is 0 Å². The fourth-order valence-electron chi connectivity index (χ4n) is 8.50. The summed E-state index contributed by atoms with van der Waals surface area (Å²) in [6.45, 7) is 0. The van der Waals surface area contributed by atoms with E-state index in [-0.39, 0.29) is 0 Å². The van der Waals surface area contributed by atoms with Crippen LogP contribution in [0.1, 0.15) is 0 Å². The van der Waals surface area contributed by atoms with Gasteiger partial charge in [-0.25, -0.2) is 9.97 Å². The van der Waals surface area contributed by atoms with E-state index in [1.54, 1.807) is 0 Å². The molecule has 0 bridgehead atoms. The van der Waals surface area contributed by atoms with Crippen molar-refractivity contribution in [3.63, 3.8) is 0 Å². The van der Waals surface area contributed by atoms with E-state index in [1.807, 2.05) is 24.3 Å². The third kappa shape index (κ3) is 5.70. The molecule has 4 nitrogen and oxygen atoms in total. The van der Waals surface area contributed by atoms with Gasteiger partial charge in [-0.1, -0.05) is 158 Å². The van der Waals surface area contributed by atoms with E-state index in [9.17, 15) is 0 Å². The number of hydrogen-bond acceptors (Lipinski definition) is 3. The Hall–Kier alpha value is -7.82. The molecule has 0 spiro atoms. The molecule has 3 heterocycles. The second-order valence-corrected chi connectivity index (χ2v) is 14.6. The zero-order chi connectivity index (χ0) is 38.4. The first-order valence-electron chi connectivity index (χ1n) is 19.7. The Balaban J connectivity index is 1.14. The minimum absolute atomic E-state index is 0.704. The lowest BCUT2D eigenvalue weighted by Crippen LogP contribution is -2.11. The molecule has 0 amide bonds. The van der Waals surface area contributed by atoms with Gasteiger partial charge in [-0.05, 0) is 71.8 Å². The van der Waals surface area contributed by atoms with Gasteiger partial charge in [-0.15, -0.1) is 0 Å². The fourth-order valence-corrected chi connectivity index (χ4v) is 8.50. The van der Waals surface area contributed by atoms with Crippen LogP contribution in [0, 0.1) is 0 Å². The van der Waals surface area contributed by atoms with Crippen molar-refractivity contribution in [1.82, 2.24) is 14.5 Å². The third-order valence-corrected chi connectivity index (χ3v) is 11.1. The number of para-hydroxylation sites is 4. The van der Waals surface area contributed by atoms with Gasteiger partial charge < -0.3 is 9.47 Å². The summed E-state index contributed by atoms with van der Waals surface area (Å²) in [5.74, 6) is 0.704. The van der Waals surface area contributed by atoms with Gasteiger partial charge >= 0.3 is 0 Å². The molecular weight excluding hydrogens is 705 g/mol. The molecule has 0 fully saturated rings. The summed E-state index contributed by atoms with van der Waals surface area (Å²) < 4.78 is 2.44. The van der Waals surface area contributed by atoms with Crippen LogP contribution >= 0.6 is 0 Å². The molecule has 0 radical (unpaired) electrons. The van der Waals surface area contributed by atoms with Crippen molar-refractivity contribution in [2.75, 3.05) is 4.90 Å². The van der Waals surface area contributed by atoms with Crippen molar-refractivity contribution in [3.8, 4) is 73.1 Å². The van der Waals surface area contributed by atoms with Crippen LogP contribution in [0.2, 0.25) is 0 Å². The molecule has 58 heavy (non-hydrogen) atoms. The van der Waals surface area contributed by atoms with E-state index in [1.165, 1.54) is 33.3 Å². The first kappa shape index (κ1) is 33.5. The standard InChI is InChI=1S/C54H36N4/c1-5-18-37(19-6-1)47-36-48(56-54(55-47)38-20-7-2-8-21-38)41-23-17-22-39(34-41)40-32-33-51-46(35-40)52-44-28-13-15-30-49(44)58(43-26-11-4-12-27-43)53(52)45-29-14-16-31-50(45)57(51)42-24-9-3-10-25-42/h1-36H. The zero-order valence-corrected chi connectivity index (χ0v) is 31.6. The van der Waals surface area contributed by atoms with Crippen molar-refractivity contribution in [2.45, 2.75) is 0 Å². The highest BCUT2D eigenvalue weighted by atomic mass is 15.2. The Morgan fingerprint density at radius 2 is 0.897 bits per heavy atom. The van der Waals surface area contributed by atoms with Gasteiger partial charge in [-0.3, -0.25) is 0 Å². The summed E-state index contributed by atoms with van der Waals surface area (Å²) in [4.78, 5) is 12.6. The largest absolute Gasteiger partial charge is 0.309 e. The predicted octanol–water partition coefficient (Wildman–Crippen LogP) is 14.2. The molecule has 0 unspecified atom stereocenters. The van der Waals surface area contributed by atoms with Crippen molar-refractivity contribution in [2.24, 2.45) is 0 Å². The molecule has 10 aromatic rings. The van der Waals surface area contributed by atoms with Gasteiger partial charge in [0.2, 0.25) is 0 Å². The van der Waals surface area contributed by atoms with E-state index in [2.05, 4.69) is 204 Å². The molecule has 11 rings (SSSR count). The van der Waals surface area contributed by atoms with Crippen LogP contribution in [-0.2, 0) is 0 Å². The summed E-state index contributed by atoms with van der Waals surface area (Å²) in [6, 6.07) is 77.5. The summed E-state index contributed by atoms with van der Waals surface area (Å²) in [6.07, 6.45) is 0. The second kappa shape index (κ2) is 14.0. The lowest BCUT2D eigenvalue weighted by atomic mass is 9.93. The highest BCUT2D eigenvalue weighted by Gasteiger charge is 2.31. The van der Waals surface area contributed by atoms with Crippen LogP contribution in [0.25, 0.3) is 84.0 Å². The maximum absolute atomic E-state index is 5.16. The van der Waals surface area contributed by atoms with Crippen LogP contribution < -0.4 is 4.90 Å². The molecular formula is C54H36N4. The lowest BCUT2D eigenvalue weighted by molar-refractivity contribution is 1.13. The van der Waals surface area contributed by atoms with Crippen molar-refractivity contribution in [3.05, 3.63) is 218 Å². The molecule has 0 atom stereocenters. The number of benzene rings is 8. The molecule has 2 aromatic heterocycles. The number of aromatic nitrogens is 3. The Bertz CT molecular complexity index is 3040. The lowest BCUT2D eigenvalue weighted by Gasteiger charge is -2.28. The molecule has 0 saturated heterocycles. The van der Waals surface area contributed by atoms with Gasteiger partial charge in [0, 0.05) is 50.1 Å². The van der Waals surface area contributed by atoms with Crippen LogP contribution in [0.3, 0.4) is 0 Å². The smallest absolute Gasteiger partial charge is 0.160 e. The Morgan fingerprint density at radius 3 is 1.66 bits per heavy atom. The Morgan fingerprint density at radius 1 is 0.345 bits per heavy atom. The molecule has 272 valence electrons. The van der Waals surface area contributed by atoms with Crippen molar-refractivity contribution < 1.29 is 0 Å². The summed E-state index contributed by atoms with van der Waals surface area (Å²) in [5, 5.41) is 1.21. The highest BCUT2D eigenvalue weighted by Crippen LogP contribution is 2.55.